The standard InChI is InChI=1S/C12H21N3O3S/c13-6-9(12(18)15-7-11(16)17)4-2-1-3-5-10(14)8-19/h2-5,9-10,19H,1,6-8,13-14H2,(H,15,18)(H,16,17)/b4-2+,5-3+. The number of carboxylic acids is 1. The number of thiol groups is 1. The quantitative estimate of drug-likeness (QED) is 0.290. The smallest absolute Gasteiger partial charge is 0.322 e. The van der Waals surface area contributed by atoms with Gasteiger partial charge in [-0.1, -0.05) is 24.3 Å². The van der Waals surface area contributed by atoms with E-state index < -0.39 is 24.3 Å². The van der Waals surface area contributed by atoms with Crippen LogP contribution in [0.5, 0.6) is 0 Å². The van der Waals surface area contributed by atoms with Crippen LogP contribution in [0.3, 0.4) is 0 Å². The van der Waals surface area contributed by atoms with E-state index in [1.54, 1.807) is 12.2 Å². The van der Waals surface area contributed by atoms with Crippen LogP contribution in [0.15, 0.2) is 24.3 Å². The van der Waals surface area contributed by atoms with Crippen molar-refractivity contribution in [3.63, 3.8) is 0 Å². The van der Waals surface area contributed by atoms with E-state index in [1.807, 2.05) is 12.2 Å². The summed E-state index contributed by atoms with van der Waals surface area (Å²) < 4.78 is 0. The van der Waals surface area contributed by atoms with Gasteiger partial charge in [0.15, 0.2) is 0 Å². The number of rotatable bonds is 9. The highest BCUT2D eigenvalue weighted by Crippen LogP contribution is 1.99. The number of aliphatic carboxylic acids is 1. The molecule has 0 heterocycles. The molecule has 0 aromatic carbocycles. The SMILES string of the molecule is NCC(/C=C/C/C=C/C(N)CS)C(=O)NCC(=O)O. The van der Waals surface area contributed by atoms with Crippen molar-refractivity contribution in [3.05, 3.63) is 24.3 Å². The van der Waals surface area contributed by atoms with Crippen LogP contribution in [-0.4, -0.2) is 41.9 Å². The Morgan fingerprint density at radius 1 is 1.32 bits per heavy atom. The van der Waals surface area contributed by atoms with Crippen molar-refractivity contribution in [1.82, 2.24) is 5.32 Å². The molecule has 19 heavy (non-hydrogen) atoms. The molecule has 0 fully saturated rings. The van der Waals surface area contributed by atoms with Crippen LogP contribution in [0.25, 0.3) is 0 Å². The van der Waals surface area contributed by atoms with E-state index in [2.05, 4.69) is 17.9 Å². The summed E-state index contributed by atoms with van der Waals surface area (Å²) in [7, 11) is 0. The number of hydrogen-bond donors (Lipinski definition) is 5. The second kappa shape index (κ2) is 10.6. The molecule has 2 atom stereocenters. The highest BCUT2D eigenvalue weighted by atomic mass is 32.1. The van der Waals surface area contributed by atoms with Gasteiger partial charge >= 0.3 is 5.97 Å². The lowest BCUT2D eigenvalue weighted by Crippen LogP contribution is -2.36. The summed E-state index contributed by atoms with van der Waals surface area (Å²) in [5, 5.41) is 10.7. The van der Waals surface area contributed by atoms with Crippen molar-refractivity contribution in [3.8, 4) is 0 Å². The first-order valence-electron chi connectivity index (χ1n) is 5.90. The van der Waals surface area contributed by atoms with Gasteiger partial charge in [-0.2, -0.15) is 12.6 Å². The third-order valence-corrected chi connectivity index (χ3v) is 2.66. The van der Waals surface area contributed by atoms with Crippen molar-refractivity contribution in [2.45, 2.75) is 12.5 Å². The Balaban J connectivity index is 4.13. The van der Waals surface area contributed by atoms with Gasteiger partial charge in [-0.25, -0.2) is 0 Å². The molecule has 0 aliphatic rings. The van der Waals surface area contributed by atoms with Crippen molar-refractivity contribution in [2.24, 2.45) is 17.4 Å². The average molecular weight is 287 g/mol. The maximum absolute atomic E-state index is 11.5. The zero-order valence-corrected chi connectivity index (χ0v) is 11.6. The summed E-state index contributed by atoms with van der Waals surface area (Å²) in [5.74, 6) is -1.43. The number of nitrogens with one attached hydrogen (secondary N) is 1. The minimum atomic E-state index is -1.09. The molecule has 0 spiro atoms. The highest BCUT2D eigenvalue weighted by Gasteiger charge is 2.13. The summed E-state index contributed by atoms with van der Waals surface area (Å²) in [6.45, 7) is -0.276. The van der Waals surface area contributed by atoms with E-state index in [9.17, 15) is 9.59 Å². The topological polar surface area (TPSA) is 118 Å². The van der Waals surface area contributed by atoms with Gasteiger partial charge in [0.25, 0.3) is 0 Å². The Morgan fingerprint density at radius 3 is 2.47 bits per heavy atom. The normalized spacial score (nSPS) is 14.7. The number of carbonyl (C=O) groups excluding carboxylic acids is 1. The Hall–Kier alpha value is -1.31. The number of amides is 1. The molecule has 6 N–H and O–H groups in total. The molecule has 0 rings (SSSR count). The molecule has 0 bridgehead atoms. The second-order valence-electron chi connectivity index (χ2n) is 3.89. The van der Waals surface area contributed by atoms with Crippen molar-refractivity contribution in [1.29, 1.82) is 0 Å². The van der Waals surface area contributed by atoms with Crippen molar-refractivity contribution >= 4 is 24.5 Å². The maximum Gasteiger partial charge on any atom is 0.322 e. The van der Waals surface area contributed by atoms with E-state index in [1.165, 1.54) is 0 Å². The maximum atomic E-state index is 11.5. The van der Waals surface area contributed by atoms with E-state index in [-0.39, 0.29) is 12.6 Å². The van der Waals surface area contributed by atoms with Gasteiger partial charge in [0, 0.05) is 18.3 Å². The third-order valence-electron chi connectivity index (χ3n) is 2.24. The molecule has 0 aliphatic carbocycles. The fourth-order valence-electron chi connectivity index (χ4n) is 1.20. The summed E-state index contributed by atoms with van der Waals surface area (Å²) in [6.07, 6.45) is 7.79. The molecule has 0 aromatic heterocycles. The molecule has 0 aromatic rings. The summed E-state index contributed by atoms with van der Waals surface area (Å²) in [6, 6.07) is -0.0825. The molecule has 108 valence electrons. The predicted molar refractivity (Wildman–Crippen MR) is 77.9 cm³/mol. The molecule has 0 saturated carbocycles. The van der Waals surface area contributed by atoms with Gasteiger partial charge in [-0.15, -0.1) is 0 Å². The van der Waals surface area contributed by atoms with Crippen LogP contribution in [0.1, 0.15) is 6.42 Å². The third kappa shape index (κ3) is 9.29. The van der Waals surface area contributed by atoms with Crippen molar-refractivity contribution in [2.75, 3.05) is 18.8 Å². The van der Waals surface area contributed by atoms with Crippen LogP contribution >= 0.6 is 12.6 Å². The first-order valence-corrected chi connectivity index (χ1v) is 6.53. The highest BCUT2D eigenvalue weighted by molar-refractivity contribution is 7.80. The minimum absolute atomic E-state index is 0.0825. The second-order valence-corrected chi connectivity index (χ2v) is 4.26. The van der Waals surface area contributed by atoms with Gasteiger partial charge < -0.3 is 21.9 Å². The minimum Gasteiger partial charge on any atom is -0.480 e. The zero-order chi connectivity index (χ0) is 14.7. The van der Waals surface area contributed by atoms with Gasteiger partial charge in [0.05, 0.1) is 5.92 Å². The van der Waals surface area contributed by atoms with E-state index in [0.717, 1.165) is 0 Å². The van der Waals surface area contributed by atoms with Crippen LogP contribution in [-0.2, 0) is 9.59 Å². The van der Waals surface area contributed by atoms with Gasteiger partial charge in [0.1, 0.15) is 6.54 Å². The lowest BCUT2D eigenvalue weighted by molar-refractivity contribution is -0.138. The Labute approximate surface area is 118 Å². The van der Waals surface area contributed by atoms with Gasteiger partial charge in [-0.3, -0.25) is 9.59 Å². The molecule has 7 heteroatoms. The molecule has 1 amide bonds. The summed E-state index contributed by atoms with van der Waals surface area (Å²) in [4.78, 5) is 21.9. The molecule has 0 saturated heterocycles. The predicted octanol–water partition coefficient (Wildman–Crippen LogP) is -0.478. The first kappa shape index (κ1) is 17.7. The van der Waals surface area contributed by atoms with Gasteiger partial charge in [0.2, 0.25) is 5.91 Å². The Kier molecular flexibility index (Phi) is 9.87. The first-order chi connectivity index (χ1) is 9.01. The number of carbonyl (C=O) groups is 2. The molecule has 0 aliphatic heterocycles. The monoisotopic (exact) mass is 287 g/mol. The Bertz CT molecular complexity index is 345. The molecule has 2 unspecified atom stereocenters. The molecular weight excluding hydrogens is 266 g/mol. The van der Waals surface area contributed by atoms with E-state index >= 15 is 0 Å². The summed E-state index contributed by atoms with van der Waals surface area (Å²) in [5.41, 5.74) is 11.1. The van der Waals surface area contributed by atoms with Crippen molar-refractivity contribution < 1.29 is 14.7 Å². The zero-order valence-electron chi connectivity index (χ0n) is 10.7. The number of nitrogens with two attached hydrogens (primary N) is 2. The largest absolute Gasteiger partial charge is 0.480 e. The Morgan fingerprint density at radius 2 is 1.95 bits per heavy atom. The van der Waals surface area contributed by atoms with Crippen LogP contribution in [0.4, 0.5) is 0 Å². The van der Waals surface area contributed by atoms with Crippen LogP contribution < -0.4 is 16.8 Å². The number of carboxylic acid groups (broad SMARTS) is 1. The van der Waals surface area contributed by atoms with Crippen LogP contribution in [0, 0.1) is 5.92 Å². The number of allylic oxidation sites excluding steroid dienone is 2. The fraction of sp³-hybridized carbons (Fsp3) is 0.500. The lowest BCUT2D eigenvalue weighted by atomic mass is 10.1. The summed E-state index contributed by atoms with van der Waals surface area (Å²) >= 11 is 4.04. The van der Waals surface area contributed by atoms with Gasteiger partial charge in [-0.05, 0) is 6.42 Å². The molecule has 0 radical (unpaired) electrons. The molecule has 6 nitrogen and oxygen atoms in total. The fourth-order valence-corrected chi connectivity index (χ4v) is 1.32. The average Bonchev–Trinajstić information content (AvgIpc) is 2.39. The van der Waals surface area contributed by atoms with E-state index in [4.69, 9.17) is 16.6 Å². The number of hydrogen-bond acceptors (Lipinski definition) is 5. The van der Waals surface area contributed by atoms with E-state index in [0.29, 0.717) is 12.2 Å². The molecular formula is C12H21N3O3S. The lowest BCUT2D eigenvalue weighted by Gasteiger charge is -2.09. The van der Waals surface area contributed by atoms with Crippen LogP contribution in [0.2, 0.25) is 0 Å².